The van der Waals surface area contributed by atoms with E-state index in [1.165, 1.54) is 0 Å². The fraction of sp³-hybridized carbons (Fsp3) is 0.688. The van der Waals surface area contributed by atoms with Crippen LogP contribution >= 0.6 is 11.8 Å². The lowest BCUT2D eigenvalue weighted by Crippen LogP contribution is -2.36. The first-order valence-corrected chi connectivity index (χ1v) is 9.30. The van der Waals surface area contributed by atoms with Crippen molar-refractivity contribution in [1.82, 2.24) is 16.0 Å². The van der Waals surface area contributed by atoms with E-state index >= 15 is 0 Å². The predicted molar refractivity (Wildman–Crippen MR) is 92.7 cm³/mol. The average molecular weight is 355 g/mol. The number of amides is 3. The maximum absolute atomic E-state index is 11.7. The summed E-state index contributed by atoms with van der Waals surface area (Å²) in [6.07, 6.45) is 3.23. The fourth-order valence-corrected chi connectivity index (χ4v) is 4.36. The van der Waals surface area contributed by atoms with Crippen LogP contribution in [0.25, 0.3) is 0 Å². The molecule has 3 amide bonds. The van der Waals surface area contributed by atoms with Crippen LogP contribution in [0.4, 0.5) is 4.79 Å². The first-order chi connectivity index (χ1) is 11.5. The molecule has 8 heteroatoms. The van der Waals surface area contributed by atoms with Gasteiger partial charge < -0.3 is 20.7 Å². The van der Waals surface area contributed by atoms with Crippen molar-refractivity contribution in [2.24, 2.45) is 0 Å². The van der Waals surface area contributed by atoms with Gasteiger partial charge in [0, 0.05) is 23.0 Å². The number of fused-ring (bicyclic) bond motifs is 1. The molecule has 7 nitrogen and oxygen atoms in total. The van der Waals surface area contributed by atoms with Crippen molar-refractivity contribution >= 4 is 29.7 Å². The van der Waals surface area contributed by atoms with E-state index in [0.717, 1.165) is 25.0 Å². The predicted octanol–water partition coefficient (Wildman–Crippen LogP) is 0.948. The van der Waals surface area contributed by atoms with Crippen molar-refractivity contribution in [3.8, 4) is 0 Å². The third-order valence-electron chi connectivity index (χ3n) is 4.09. The molecule has 0 radical (unpaired) electrons. The van der Waals surface area contributed by atoms with E-state index in [1.54, 1.807) is 6.92 Å². The Morgan fingerprint density at radius 3 is 2.92 bits per heavy atom. The molecule has 0 aliphatic carbocycles. The Kier molecular flexibility index (Phi) is 6.96. The van der Waals surface area contributed by atoms with Gasteiger partial charge in [0.05, 0.1) is 18.6 Å². The molecular formula is C16H25N3O4S. The Morgan fingerprint density at radius 1 is 1.38 bits per heavy atom. The second-order valence-corrected chi connectivity index (χ2v) is 7.41. The van der Waals surface area contributed by atoms with E-state index in [0.29, 0.717) is 23.8 Å². The van der Waals surface area contributed by atoms with Gasteiger partial charge in [-0.1, -0.05) is 13.0 Å². The number of hydrogen-bond acceptors (Lipinski definition) is 5. The van der Waals surface area contributed by atoms with Crippen LogP contribution in [0.2, 0.25) is 0 Å². The van der Waals surface area contributed by atoms with Crippen molar-refractivity contribution < 1.29 is 19.1 Å². The second kappa shape index (κ2) is 8.96. The molecule has 134 valence electrons. The van der Waals surface area contributed by atoms with Crippen LogP contribution in [0.5, 0.6) is 0 Å². The van der Waals surface area contributed by atoms with Gasteiger partial charge in [0.15, 0.2) is 0 Å². The van der Waals surface area contributed by atoms with Crippen LogP contribution in [0.1, 0.15) is 32.6 Å². The molecule has 2 heterocycles. The highest BCUT2D eigenvalue weighted by Crippen LogP contribution is 2.33. The Bertz CT molecular complexity index is 512. The molecular weight excluding hydrogens is 330 g/mol. The minimum absolute atomic E-state index is 0.0332. The second-order valence-electron chi connectivity index (χ2n) is 6.13. The van der Waals surface area contributed by atoms with Gasteiger partial charge in [-0.25, -0.2) is 9.59 Å². The number of urea groups is 1. The van der Waals surface area contributed by atoms with Gasteiger partial charge in [-0.15, -0.1) is 0 Å². The molecule has 0 unspecified atom stereocenters. The maximum Gasteiger partial charge on any atom is 0.333 e. The van der Waals surface area contributed by atoms with E-state index in [-0.39, 0.29) is 30.6 Å². The zero-order valence-corrected chi connectivity index (χ0v) is 14.7. The van der Waals surface area contributed by atoms with Crippen molar-refractivity contribution in [2.45, 2.75) is 49.9 Å². The highest BCUT2D eigenvalue weighted by Gasteiger charge is 2.42. The lowest BCUT2D eigenvalue weighted by atomic mass is 10.0. The summed E-state index contributed by atoms with van der Waals surface area (Å²) in [6.45, 7) is 5.54. The summed E-state index contributed by atoms with van der Waals surface area (Å²) >= 11 is 1.88. The number of ether oxygens (including phenoxy) is 1. The van der Waals surface area contributed by atoms with E-state index in [9.17, 15) is 14.4 Å². The lowest BCUT2D eigenvalue weighted by molar-refractivity contribution is -0.139. The molecule has 2 fully saturated rings. The van der Waals surface area contributed by atoms with Gasteiger partial charge in [0.25, 0.3) is 0 Å². The molecule has 2 aliphatic heterocycles. The minimum Gasteiger partial charge on any atom is -0.460 e. The van der Waals surface area contributed by atoms with Gasteiger partial charge in [-0.05, 0) is 19.8 Å². The molecule has 0 saturated carbocycles. The molecule has 0 aromatic rings. The number of esters is 1. The molecule has 0 aromatic carbocycles. The van der Waals surface area contributed by atoms with E-state index < -0.39 is 5.97 Å². The van der Waals surface area contributed by atoms with Gasteiger partial charge in [-0.2, -0.15) is 11.8 Å². The Labute approximate surface area is 146 Å². The highest BCUT2D eigenvalue weighted by molar-refractivity contribution is 8.00. The zero-order valence-electron chi connectivity index (χ0n) is 13.9. The Balaban J connectivity index is 1.50. The van der Waals surface area contributed by atoms with Crippen LogP contribution in [0.15, 0.2) is 12.2 Å². The molecule has 24 heavy (non-hydrogen) atoms. The van der Waals surface area contributed by atoms with Gasteiger partial charge >= 0.3 is 12.0 Å². The van der Waals surface area contributed by atoms with Crippen LogP contribution in [0, 0.1) is 0 Å². The number of unbranched alkanes of at least 4 members (excludes halogenated alkanes) is 1. The molecule has 2 aliphatic rings. The monoisotopic (exact) mass is 355 g/mol. The van der Waals surface area contributed by atoms with Crippen molar-refractivity contribution in [1.29, 1.82) is 0 Å². The third-order valence-corrected chi connectivity index (χ3v) is 5.60. The highest BCUT2D eigenvalue weighted by atomic mass is 32.2. The molecule has 0 aromatic heterocycles. The molecule has 2 saturated heterocycles. The van der Waals surface area contributed by atoms with Gasteiger partial charge in [0.2, 0.25) is 5.91 Å². The van der Waals surface area contributed by atoms with Crippen LogP contribution in [0.3, 0.4) is 0 Å². The molecule has 3 atom stereocenters. The smallest absolute Gasteiger partial charge is 0.333 e. The van der Waals surface area contributed by atoms with Crippen molar-refractivity contribution in [3.63, 3.8) is 0 Å². The Morgan fingerprint density at radius 2 is 2.17 bits per heavy atom. The zero-order chi connectivity index (χ0) is 17.5. The van der Waals surface area contributed by atoms with Crippen molar-refractivity contribution in [2.75, 3.05) is 18.9 Å². The summed E-state index contributed by atoms with van der Waals surface area (Å²) in [5, 5.41) is 9.05. The van der Waals surface area contributed by atoms with E-state index in [4.69, 9.17) is 4.74 Å². The third kappa shape index (κ3) is 5.43. The van der Waals surface area contributed by atoms with Crippen LogP contribution in [-0.2, 0) is 14.3 Å². The Hall–Kier alpha value is -1.70. The summed E-state index contributed by atoms with van der Waals surface area (Å²) in [6, 6.07) is 0.402. The van der Waals surface area contributed by atoms with Crippen LogP contribution in [-0.4, -0.2) is 54.1 Å². The quantitative estimate of drug-likeness (QED) is 0.248. The first kappa shape index (κ1) is 18.6. The average Bonchev–Trinajstić information content (AvgIpc) is 3.07. The standard InChI is InChI=1S/C16H25N3O4S/c1-10(2)15(21)23-8-7-17-13(20)6-4-3-5-12-14-11(9-24-12)18-16(22)19-14/h11-12,14H,1,3-9H2,2H3,(H,17,20)(H2,18,19,22)/t11-,12-,14-/m0/s1. The summed E-state index contributed by atoms with van der Waals surface area (Å²) in [5.74, 6) is 0.483. The lowest BCUT2D eigenvalue weighted by Gasteiger charge is -2.16. The first-order valence-electron chi connectivity index (χ1n) is 8.25. The largest absolute Gasteiger partial charge is 0.460 e. The van der Waals surface area contributed by atoms with Crippen LogP contribution < -0.4 is 16.0 Å². The maximum atomic E-state index is 11.7. The molecule has 2 rings (SSSR count). The number of thioether (sulfide) groups is 1. The number of carbonyl (C=O) groups excluding carboxylic acids is 3. The summed E-state index contributed by atoms with van der Waals surface area (Å²) in [7, 11) is 0. The molecule has 0 spiro atoms. The van der Waals surface area contributed by atoms with E-state index in [2.05, 4.69) is 22.5 Å². The number of nitrogens with one attached hydrogen (secondary N) is 3. The minimum atomic E-state index is -0.440. The SMILES string of the molecule is C=C(C)C(=O)OCCNC(=O)CCCC[C@@H]1SC[C@@H]2NC(=O)N[C@@H]21. The number of carbonyl (C=O) groups is 3. The normalized spacial score (nSPS) is 24.7. The fourth-order valence-electron chi connectivity index (χ4n) is 2.82. The summed E-state index contributed by atoms with van der Waals surface area (Å²) in [5.41, 5.74) is 0.349. The molecule has 0 bridgehead atoms. The van der Waals surface area contributed by atoms with Crippen molar-refractivity contribution in [3.05, 3.63) is 12.2 Å². The van der Waals surface area contributed by atoms with E-state index in [1.807, 2.05) is 11.8 Å². The molecule has 3 N–H and O–H groups in total. The van der Waals surface area contributed by atoms with Gasteiger partial charge in [-0.3, -0.25) is 4.79 Å². The van der Waals surface area contributed by atoms with Gasteiger partial charge in [0.1, 0.15) is 6.61 Å². The number of hydrogen-bond donors (Lipinski definition) is 3. The summed E-state index contributed by atoms with van der Waals surface area (Å²) in [4.78, 5) is 34.2. The topological polar surface area (TPSA) is 96.5 Å². The number of rotatable bonds is 9. The summed E-state index contributed by atoms with van der Waals surface area (Å²) < 4.78 is 4.90.